The van der Waals surface area contributed by atoms with E-state index in [1.165, 1.54) is 0 Å². The number of nitrogens with two attached hydrogens (primary N) is 1. The van der Waals surface area contributed by atoms with Gasteiger partial charge in [-0.3, -0.25) is 4.79 Å². The van der Waals surface area contributed by atoms with Gasteiger partial charge in [0.15, 0.2) is 0 Å². The molecule has 1 aliphatic rings. The van der Waals surface area contributed by atoms with Crippen molar-refractivity contribution in [3.05, 3.63) is 29.3 Å². The first-order valence-electron chi connectivity index (χ1n) is 4.71. The van der Waals surface area contributed by atoms with Crippen molar-refractivity contribution in [3.8, 4) is 6.07 Å². The summed E-state index contributed by atoms with van der Waals surface area (Å²) in [6.07, 6.45) is 0. The van der Waals surface area contributed by atoms with Gasteiger partial charge in [0.25, 0.3) is 0 Å². The molecular formula is C11H11N3O. The topological polar surface area (TPSA) is 70.1 Å². The highest BCUT2D eigenvalue weighted by Crippen LogP contribution is 2.26. The molecule has 0 aromatic heterocycles. The second kappa shape index (κ2) is 3.37. The summed E-state index contributed by atoms with van der Waals surface area (Å²) in [5, 5.41) is 8.77. The molecule has 15 heavy (non-hydrogen) atoms. The molecule has 0 aliphatic carbocycles. The number of benzene rings is 1. The van der Waals surface area contributed by atoms with Gasteiger partial charge in [0.05, 0.1) is 18.2 Å². The van der Waals surface area contributed by atoms with E-state index in [0.29, 0.717) is 12.1 Å². The number of nitrogens with zero attached hydrogens (tertiary/aromatic N) is 2. The molecule has 1 heterocycles. The van der Waals surface area contributed by atoms with Gasteiger partial charge in [0.2, 0.25) is 5.91 Å². The van der Waals surface area contributed by atoms with E-state index in [4.69, 9.17) is 11.0 Å². The first-order valence-corrected chi connectivity index (χ1v) is 4.71. The van der Waals surface area contributed by atoms with Crippen LogP contribution in [0.3, 0.4) is 0 Å². The van der Waals surface area contributed by atoms with Gasteiger partial charge in [-0.05, 0) is 24.6 Å². The fourth-order valence-electron chi connectivity index (χ4n) is 1.64. The maximum absolute atomic E-state index is 11.4. The summed E-state index contributed by atoms with van der Waals surface area (Å²) < 4.78 is 0. The van der Waals surface area contributed by atoms with Crippen LogP contribution in [0.2, 0.25) is 0 Å². The van der Waals surface area contributed by atoms with Gasteiger partial charge < -0.3 is 10.6 Å². The highest BCUT2D eigenvalue weighted by molar-refractivity contribution is 6.04. The predicted octanol–water partition coefficient (Wildman–Crippen LogP) is 0.541. The van der Waals surface area contributed by atoms with Crippen molar-refractivity contribution in [2.75, 3.05) is 11.4 Å². The van der Waals surface area contributed by atoms with Crippen molar-refractivity contribution < 1.29 is 4.79 Å². The minimum atomic E-state index is -0.379. The van der Waals surface area contributed by atoms with Crippen LogP contribution in [0, 0.1) is 18.3 Å². The van der Waals surface area contributed by atoms with Gasteiger partial charge in [-0.15, -0.1) is 0 Å². The Labute approximate surface area is 87.9 Å². The number of rotatable bonds is 1. The van der Waals surface area contributed by atoms with Gasteiger partial charge >= 0.3 is 0 Å². The van der Waals surface area contributed by atoms with E-state index in [1.54, 1.807) is 17.0 Å². The molecule has 0 bridgehead atoms. The summed E-state index contributed by atoms with van der Waals surface area (Å²) in [6, 6.07) is 6.97. The molecule has 1 saturated heterocycles. The molecule has 0 spiro atoms. The summed E-state index contributed by atoms with van der Waals surface area (Å²) in [5.41, 5.74) is 7.85. The fraction of sp³-hybridized carbons (Fsp3) is 0.273. The second-order valence-electron chi connectivity index (χ2n) is 3.67. The number of anilines is 1. The van der Waals surface area contributed by atoms with E-state index in [1.807, 2.05) is 13.0 Å². The fourth-order valence-corrected chi connectivity index (χ4v) is 1.64. The van der Waals surface area contributed by atoms with E-state index < -0.39 is 0 Å². The third-order valence-electron chi connectivity index (χ3n) is 2.59. The highest BCUT2D eigenvalue weighted by Gasteiger charge is 2.35. The van der Waals surface area contributed by atoms with Crippen LogP contribution >= 0.6 is 0 Å². The quantitative estimate of drug-likeness (QED) is 0.674. The average Bonchev–Trinajstić information content (AvgIpc) is 2.26. The summed E-state index contributed by atoms with van der Waals surface area (Å²) in [6.45, 7) is 2.45. The molecule has 4 heteroatoms. The number of carbonyl (C=O) groups is 1. The third-order valence-corrected chi connectivity index (χ3v) is 2.59. The molecule has 4 nitrogen and oxygen atoms in total. The zero-order valence-electron chi connectivity index (χ0n) is 8.40. The minimum Gasteiger partial charge on any atom is -0.318 e. The molecule has 76 valence electrons. The molecule has 1 aromatic carbocycles. The SMILES string of the molecule is Cc1ccc(C#N)cc1N1CC(N)C1=O. The molecule has 1 aliphatic heterocycles. The first kappa shape index (κ1) is 9.69. The molecule has 1 unspecified atom stereocenters. The Morgan fingerprint density at radius 2 is 2.33 bits per heavy atom. The number of hydrogen-bond acceptors (Lipinski definition) is 3. The van der Waals surface area contributed by atoms with E-state index in [2.05, 4.69) is 6.07 Å². The van der Waals surface area contributed by atoms with Crippen molar-refractivity contribution in [1.29, 1.82) is 5.26 Å². The summed E-state index contributed by atoms with van der Waals surface area (Å²) in [5.74, 6) is -0.0758. The van der Waals surface area contributed by atoms with Gasteiger partial charge in [-0.2, -0.15) is 5.26 Å². The lowest BCUT2D eigenvalue weighted by molar-refractivity contribution is -0.123. The Morgan fingerprint density at radius 1 is 1.60 bits per heavy atom. The number of hydrogen-bond donors (Lipinski definition) is 1. The molecule has 0 saturated carbocycles. The molecular weight excluding hydrogens is 190 g/mol. The van der Waals surface area contributed by atoms with Crippen molar-refractivity contribution >= 4 is 11.6 Å². The Hall–Kier alpha value is -1.86. The molecule has 2 rings (SSSR count). The number of carbonyl (C=O) groups excluding carboxylic acids is 1. The zero-order chi connectivity index (χ0) is 11.0. The van der Waals surface area contributed by atoms with E-state index in [0.717, 1.165) is 11.3 Å². The molecule has 1 aromatic rings. The lowest BCUT2D eigenvalue weighted by Crippen LogP contribution is -2.61. The Morgan fingerprint density at radius 3 is 2.87 bits per heavy atom. The Bertz CT molecular complexity index is 461. The van der Waals surface area contributed by atoms with E-state index in [-0.39, 0.29) is 11.9 Å². The van der Waals surface area contributed by atoms with Gasteiger partial charge in [-0.25, -0.2) is 0 Å². The normalized spacial score (nSPS) is 19.7. The molecule has 1 atom stereocenters. The predicted molar refractivity (Wildman–Crippen MR) is 56.2 cm³/mol. The largest absolute Gasteiger partial charge is 0.318 e. The molecule has 0 radical (unpaired) electrons. The van der Waals surface area contributed by atoms with Crippen molar-refractivity contribution in [3.63, 3.8) is 0 Å². The standard InChI is InChI=1S/C11H11N3O/c1-7-2-3-8(5-12)4-10(7)14-6-9(13)11(14)15/h2-4,9H,6,13H2,1H3. The first-order chi connectivity index (χ1) is 7.13. The van der Waals surface area contributed by atoms with E-state index >= 15 is 0 Å². The lowest BCUT2D eigenvalue weighted by atomic mass is 10.0. The molecule has 2 N–H and O–H groups in total. The van der Waals surface area contributed by atoms with Crippen molar-refractivity contribution in [1.82, 2.24) is 0 Å². The summed E-state index contributed by atoms with van der Waals surface area (Å²) in [4.78, 5) is 13.0. The summed E-state index contributed by atoms with van der Waals surface area (Å²) in [7, 11) is 0. The monoisotopic (exact) mass is 201 g/mol. The van der Waals surface area contributed by atoms with Gasteiger partial charge in [0, 0.05) is 5.69 Å². The number of β-lactam (4-membered cyclic amide) rings is 1. The van der Waals surface area contributed by atoms with Crippen LogP contribution in [0.25, 0.3) is 0 Å². The minimum absolute atomic E-state index is 0.0758. The van der Waals surface area contributed by atoms with Crippen LogP contribution in [0.4, 0.5) is 5.69 Å². The number of amides is 1. The van der Waals surface area contributed by atoms with Crippen LogP contribution in [-0.2, 0) is 4.79 Å². The lowest BCUT2D eigenvalue weighted by Gasteiger charge is -2.37. The van der Waals surface area contributed by atoms with Crippen molar-refractivity contribution in [2.45, 2.75) is 13.0 Å². The second-order valence-corrected chi connectivity index (χ2v) is 3.67. The summed E-state index contributed by atoms with van der Waals surface area (Å²) >= 11 is 0. The van der Waals surface area contributed by atoms with Gasteiger partial charge in [0.1, 0.15) is 6.04 Å². The maximum Gasteiger partial charge on any atom is 0.245 e. The van der Waals surface area contributed by atoms with Crippen LogP contribution in [0.5, 0.6) is 0 Å². The Kier molecular flexibility index (Phi) is 2.18. The van der Waals surface area contributed by atoms with E-state index in [9.17, 15) is 4.79 Å². The van der Waals surface area contributed by atoms with Crippen molar-refractivity contribution in [2.24, 2.45) is 5.73 Å². The Balaban J connectivity index is 2.37. The molecule has 1 amide bonds. The molecule has 1 fully saturated rings. The zero-order valence-corrected chi connectivity index (χ0v) is 8.40. The number of nitriles is 1. The van der Waals surface area contributed by atoms with Crippen LogP contribution in [0.1, 0.15) is 11.1 Å². The average molecular weight is 201 g/mol. The van der Waals surface area contributed by atoms with Crippen LogP contribution < -0.4 is 10.6 Å². The third kappa shape index (κ3) is 1.47. The van der Waals surface area contributed by atoms with Gasteiger partial charge in [-0.1, -0.05) is 6.07 Å². The highest BCUT2D eigenvalue weighted by atomic mass is 16.2. The number of aryl methyl sites for hydroxylation is 1. The van der Waals surface area contributed by atoms with Crippen LogP contribution in [0.15, 0.2) is 18.2 Å². The van der Waals surface area contributed by atoms with Crippen LogP contribution in [-0.4, -0.2) is 18.5 Å². The maximum atomic E-state index is 11.4. The smallest absolute Gasteiger partial charge is 0.245 e.